The van der Waals surface area contributed by atoms with Crippen LogP contribution in [0.1, 0.15) is 36.2 Å². The van der Waals surface area contributed by atoms with Gasteiger partial charge in [-0.1, -0.05) is 30.0 Å². The van der Waals surface area contributed by atoms with Crippen molar-refractivity contribution in [2.24, 2.45) is 0 Å². The molecule has 1 aromatic rings. The Morgan fingerprint density at radius 2 is 1.94 bits per heavy atom. The first-order valence-corrected chi connectivity index (χ1v) is 10.4. The lowest BCUT2D eigenvalue weighted by Gasteiger charge is -2.38. The Morgan fingerprint density at radius 1 is 1.23 bits per heavy atom. The molecule has 1 aromatic carbocycles. The van der Waals surface area contributed by atoms with Crippen LogP contribution < -0.4 is 5.32 Å². The summed E-state index contributed by atoms with van der Waals surface area (Å²) in [5.74, 6) is -1.46. The molecule has 1 saturated heterocycles. The van der Waals surface area contributed by atoms with Crippen molar-refractivity contribution >= 4 is 35.5 Å². The van der Waals surface area contributed by atoms with E-state index in [1.807, 2.05) is 0 Å². The second kappa shape index (κ2) is 9.65. The van der Waals surface area contributed by atoms with Crippen LogP contribution in [0.25, 0.3) is 0 Å². The Bertz CT molecular complexity index is 1010. The highest BCUT2D eigenvalue weighted by atomic mass is 32.2. The van der Waals surface area contributed by atoms with E-state index < -0.39 is 11.9 Å². The average Bonchev–Trinajstić information content (AvgIpc) is 3.09. The second-order valence-corrected chi connectivity index (χ2v) is 7.80. The normalized spacial score (nSPS) is 18.8. The maximum atomic E-state index is 12.8. The van der Waals surface area contributed by atoms with Crippen LogP contribution in [0.3, 0.4) is 0 Å². The summed E-state index contributed by atoms with van der Waals surface area (Å²) in [6, 6.07) is 6.35. The number of methoxy groups -OCH3 is 1. The van der Waals surface area contributed by atoms with Crippen molar-refractivity contribution < 1.29 is 28.7 Å². The van der Waals surface area contributed by atoms with Gasteiger partial charge in [0.15, 0.2) is 0 Å². The molecule has 1 unspecified atom stereocenters. The summed E-state index contributed by atoms with van der Waals surface area (Å²) in [7, 11) is 1.30. The van der Waals surface area contributed by atoms with Crippen LogP contribution in [0.5, 0.6) is 0 Å². The summed E-state index contributed by atoms with van der Waals surface area (Å²) < 4.78 is 10.1. The summed E-state index contributed by atoms with van der Waals surface area (Å²) in [4.78, 5) is 50.0. The molecular weight excluding hydrogens is 420 g/mol. The van der Waals surface area contributed by atoms with Gasteiger partial charge < -0.3 is 14.8 Å². The summed E-state index contributed by atoms with van der Waals surface area (Å²) in [6.45, 7) is 3.18. The molecule has 162 valence electrons. The molecule has 8 nitrogen and oxygen atoms in total. The van der Waals surface area contributed by atoms with Crippen LogP contribution >= 0.6 is 11.8 Å². The molecule has 2 aliphatic heterocycles. The highest BCUT2D eigenvalue weighted by molar-refractivity contribution is 8.05. The standard InChI is InChI=1S/C22H22N2O6S/c1-4-16-17-11-18(31-10-9-23-13(2)25)19(24(17)20(16)26)22(28)30-12-14-5-7-15(8-6-14)21(27)29-3/h4-10,17H,11-12H2,1-3H3,(H,23,25)/b10-9+,16-4+. The monoisotopic (exact) mass is 442 g/mol. The third-order valence-corrected chi connectivity index (χ3v) is 5.75. The quantitative estimate of drug-likeness (QED) is 0.393. The van der Waals surface area contributed by atoms with E-state index in [1.54, 1.807) is 42.7 Å². The van der Waals surface area contributed by atoms with E-state index in [1.165, 1.54) is 36.9 Å². The van der Waals surface area contributed by atoms with Crippen LogP contribution in [-0.2, 0) is 30.5 Å². The molecule has 0 bridgehead atoms. The number of esters is 2. The topological polar surface area (TPSA) is 102 Å². The Morgan fingerprint density at radius 3 is 2.55 bits per heavy atom. The molecular formula is C22H22N2O6S. The number of rotatable bonds is 7. The minimum Gasteiger partial charge on any atom is -0.465 e. The third-order valence-electron chi connectivity index (χ3n) is 4.83. The zero-order valence-corrected chi connectivity index (χ0v) is 18.2. The highest BCUT2D eigenvalue weighted by Gasteiger charge is 2.51. The molecule has 1 N–H and O–H groups in total. The van der Waals surface area contributed by atoms with Gasteiger partial charge in [0.25, 0.3) is 5.91 Å². The van der Waals surface area contributed by atoms with Crippen LogP contribution in [0, 0.1) is 0 Å². The maximum absolute atomic E-state index is 12.8. The molecule has 0 aliphatic carbocycles. The zero-order valence-electron chi connectivity index (χ0n) is 17.3. The van der Waals surface area contributed by atoms with Gasteiger partial charge >= 0.3 is 11.9 Å². The molecule has 0 radical (unpaired) electrons. The number of β-lactam (4-membered cyclic amide) rings is 1. The molecule has 9 heteroatoms. The highest BCUT2D eigenvalue weighted by Crippen LogP contribution is 2.46. The lowest BCUT2D eigenvalue weighted by atomic mass is 9.94. The largest absolute Gasteiger partial charge is 0.465 e. The molecule has 2 amide bonds. The average molecular weight is 442 g/mol. The molecule has 1 fully saturated rings. The number of nitrogens with zero attached hydrogens (tertiary/aromatic N) is 1. The van der Waals surface area contributed by atoms with Gasteiger partial charge in [-0.15, -0.1) is 0 Å². The Balaban J connectivity index is 1.72. The van der Waals surface area contributed by atoms with E-state index in [4.69, 9.17) is 4.74 Å². The first-order valence-electron chi connectivity index (χ1n) is 9.53. The van der Waals surface area contributed by atoms with Crippen LogP contribution in [0.15, 0.2) is 58.1 Å². The summed E-state index contributed by atoms with van der Waals surface area (Å²) in [5, 5.41) is 4.19. The predicted octanol–water partition coefficient (Wildman–Crippen LogP) is 2.63. The smallest absolute Gasteiger partial charge is 0.356 e. The van der Waals surface area contributed by atoms with Crippen molar-refractivity contribution in [3.8, 4) is 0 Å². The Hall–Kier alpha value is -3.33. The molecule has 0 aromatic heterocycles. The number of ether oxygens (including phenoxy) is 2. The molecule has 31 heavy (non-hydrogen) atoms. The van der Waals surface area contributed by atoms with Gasteiger partial charge in [-0.2, -0.15) is 0 Å². The number of hydrogen-bond donors (Lipinski definition) is 1. The van der Waals surface area contributed by atoms with E-state index in [2.05, 4.69) is 10.1 Å². The van der Waals surface area contributed by atoms with E-state index in [-0.39, 0.29) is 30.2 Å². The van der Waals surface area contributed by atoms with Crippen molar-refractivity contribution in [3.05, 3.63) is 69.3 Å². The number of hydrogen-bond acceptors (Lipinski definition) is 7. The fourth-order valence-electron chi connectivity index (χ4n) is 3.33. The molecule has 2 heterocycles. The number of benzene rings is 1. The van der Waals surface area contributed by atoms with Gasteiger partial charge in [0, 0.05) is 30.0 Å². The van der Waals surface area contributed by atoms with E-state index >= 15 is 0 Å². The van der Waals surface area contributed by atoms with Gasteiger partial charge in [0.1, 0.15) is 12.3 Å². The summed E-state index contributed by atoms with van der Waals surface area (Å²) >= 11 is 1.26. The fraction of sp³-hybridized carbons (Fsp3) is 0.273. The zero-order chi connectivity index (χ0) is 22.5. The van der Waals surface area contributed by atoms with Crippen molar-refractivity contribution in [3.63, 3.8) is 0 Å². The number of carbonyl (C=O) groups excluding carboxylic acids is 4. The fourth-order valence-corrected chi connectivity index (χ4v) is 4.18. The third kappa shape index (κ3) is 4.72. The van der Waals surface area contributed by atoms with Crippen molar-refractivity contribution in [2.45, 2.75) is 32.9 Å². The number of amides is 2. The van der Waals surface area contributed by atoms with Crippen LogP contribution in [-0.4, -0.2) is 41.8 Å². The van der Waals surface area contributed by atoms with E-state index in [9.17, 15) is 19.2 Å². The number of thioether (sulfide) groups is 1. The molecule has 1 atom stereocenters. The minimum absolute atomic E-state index is 0.00731. The van der Waals surface area contributed by atoms with Gasteiger partial charge in [0.2, 0.25) is 5.91 Å². The van der Waals surface area contributed by atoms with E-state index in [0.717, 1.165) is 0 Å². The lowest BCUT2D eigenvalue weighted by Crippen LogP contribution is -2.52. The minimum atomic E-state index is -0.599. The molecule has 0 spiro atoms. The van der Waals surface area contributed by atoms with Crippen LogP contribution in [0.2, 0.25) is 0 Å². The van der Waals surface area contributed by atoms with Crippen molar-refractivity contribution in [1.82, 2.24) is 10.2 Å². The van der Waals surface area contributed by atoms with Gasteiger partial charge in [-0.05, 0) is 30.0 Å². The number of nitrogens with one attached hydrogen (secondary N) is 1. The molecule has 2 aliphatic rings. The summed E-state index contributed by atoms with van der Waals surface area (Å²) in [6.07, 6.45) is 3.76. The number of fused-ring (bicyclic) bond motifs is 1. The Kier molecular flexibility index (Phi) is 6.96. The van der Waals surface area contributed by atoms with Gasteiger partial charge in [-0.25, -0.2) is 9.59 Å². The predicted molar refractivity (Wildman–Crippen MR) is 114 cm³/mol. The Labute approximate surface area is 183 Å². The van der Waals surface area contributed by atoms with Crippen molar-refractivity contribution in [1.29, 1.82) is 0 Å². The molecule has 3 rings (SSSR count). The van der Waals surface area contributed by atoms with E-state index in [0.29, 0.717) is 28.0 Å². The number of allylic oxidation sites excluding steroid dienone is 1. The number of carbonyl (C=O) groups is 4. The summed E-state index contributed by atoms with van der Waals surface area (Å²) in [5.41, 5.74) is 1.99. The second-order valence-electron chi connectivity index (χ2n) is 6.80. The van der Waals surface area contributed by atoms with Crippen molar-refractivity contribution in [2.75, 3.05) is 7.11 Å². The van der Waals surface area contributed by atoms with Gasteiger partial charge in [-0.3, -0.25) is 14.5 Å². The van der Waals surface area contributed by atoms with Crippen LogP contribution in [0.4, 0.5) is 0 Å². The SMILES string of the molecule is C/C=C1/C(=O)N2C(C(=O)OCc3ccc(C(=O)OC)cc3)=C(S/C=C/NC(C)=O)CC12. The lowest BCUT2D eigenvalue weighted by molar-refractivity contribution is -0.147. The maximum Gasteiger partial charge on any atom is 0.356 e. The first-order chi connectivity index (χ1) is 14.9. The first kappa shape index (κ1) is 22.4. The van der Waals surface area contributed by atoms with Gasteiger partial charge in [0.05, 0.1) is 18.7 Å². The molecule has 0 saturated carbocycles.